The Morgan fingerprint density at radius 2 is 1.68 bits per heavy atom. The number of alkyl halides is 6. The van der Waals surface area contributed by atoms with Gasteiger partial charge < -0.3 is 9.88 Å². The number of benzene rings is 2. The molecule has 0 aliphatic carbocycles. The van der Waals surface area contributed by atoms with Gasteiger partial charge >= 0.3 is 12.4 Å². The Morgan fingerprint density at radius 3 is 2.26 bits per heavy atom. The first-order valence-corrected chi connectivity index (χ1v) is 8.75. The number of rotatable bonds is 3. The number of aryl methyl sites for hydroxylation is 1. The smallest absolute Gasteiger partial charge is 0.347 e. The second kappa shape index (κ2) is 7.71. The molecule has 0 saturated heterocycles. The lowest BCUT2D eigenvalue weighted by molar-refractivity contribution is -0.140. The summed E-state index contributed by atoms with van der Waals surface area (Å²) in [5, 5.41) is 1.68. The van der Waals surface area contributed by atoms with Crippen LogP contribution in [-0.4, -0.2) is 10.5 Å². The van der Waals surface area contributed by atoms with Crippen LogP contribution in [0.3, 0.4) is 0 Å². The Bertz CT molecular complexity index is 1230. The number of aromatic nitrogens is 1. The monoisotopic (exact) mass is 446 g/mol. The highest BCUT2D eigenvalue weighted by Gasteiger charge is 2.34. The molecule has 0 bridgehead atoms. The van der Waals surface area contributed by atoms with E-state index in [1.165, 1.54) is 4.57 Å². The molecule has 0 atom stereocenters. The summed E-state index contributed by atoms with van der Waals surface area (Å²) in [4.78, 5) is 25.3. The highest BCUT2D eigenvalue weighted by atomic mass is 19.4. The molecule has 0 radical (unpaired) electrons. The van der Waals surface area contributed by atoms with E-state index in [2.05, 4.69) is 5.32 Å². The van der Waals surface area contributed by atoms with Crippen molar-refractivity contribution < 1.29 is 35.5 Å². The zero-order valence-electron chi connectivity index (χ0n) is 15.7. The SMILES string of the molecule is CCn1cc(C(=O)Nc2ccc(F)c(C(F)(F)F)c2)c(=O)c2cc(C(F)(F)F)ccc21. The minimum Gasteiger partial charge on any atom is -0.347 e. The molecule has 0 saturated carbocycles. The summed E-state index contributed by atoms with van der Waals surface area (Å²) in [7, 11) is 0. The normalized spacial score (nSPS) is 12.3. The molecular weight excluding hydrogens is 433 g/mol. The molecule has 11 heteroatoms. The van der Waals surface area contributed by atoms with Crippen molar-refractivity contribution in [3.05, 3.63) is 75.3 Å². The van der Waals surface area contributed by atoms with E-state index in [0.717, 1.165) is 24.4 Å². The van der Waals surface area contributed by atoms with Crippen molar-refractivity contribution in [2.24, 2.45) is 0 Å². The van der Waals surface area contributed by atoms with E-state index in [0.29, 0.717) is 18.2 Å². The van der Waals surface area contributed by atoms with Gasteiger partial charge in [0, 0.05) is 23.8 Å². The third-order valence-corrected chi connectivity index (χ3v) is 4.52. The molecule has 1 amide bonds. The molecule has 31 heavy (non-hydrogen) atoms. The van der Waals surface area contributed by atoms with E-state index < -0.39 is 51.9 Å². The number of carbonyl (C=O) groups is 1. The van der Waals surface area contributed by atoms with Gasteiger partial charge in [-0.05, 0) is 43.3 Å². The molecule has 2 aromatic carbocycles. The number of hydrogen-bond donors (Lipinski definition) is 1. The Morgan fingerprint density at radius 1 is 1.00 bits per heavy atom. The largest absolute Gasteiger partial charge is 0.419 e. The summed E-state index contributed by atoms with van der Waals surface area (Å²) in [5.74, 6) is -2.70. The lowest BCUT2D eigenvalue weighted by Crippen LogP contribution is -2.24. The zero-order valence-corrected chi connectivity index (χ0v) is 15.7. The maximum atomic E-state index is 13.4. The van der Waals surface area contributed by atoms with Crippen LogP contribution in [0.5, 0.6) is 0 Å². The molecule has 0 aliphatic heterocycles. The maximum absolute atomic E-state index is 13.4. The highest BCUT2D eigenvalue weighted by Crippen LogP contribution is 2.33. The molecule has 4 nitrogen and oxygen atoms in total. The molecule has 0 fully saturated rings. The lowest BCUT2D eigenvalue weighted by Gasteiger charge is -2.14. The van der Waals surface area contributed by atoms with Crippen molar-refractivity contribution in [2.45, 2.75) is 25.8 Å². The molecule has 0 unspecified atom stereocenters. The second-order valence-corrected chi connectivity index (χ2v) is 6.53. The zero-order chi connectivity index (χ0) is 23.1. The van der Waals surface area contributed by atoms with E-state index in [1.54, 1.807) is 6.92 Å². The number of carbonyl (C=O) groups excluding carboxylic acids is 1. The van der Waals surface area contributed by atoms with Crippen LogP contribution in [0, 0.1) is 5.82 Å². The molecular formula is C20H13F7N2O2. The van der Waals surface area contributed by atoms with Crippen LogP contribution >= 0.6 is 0 Å². The fourth-order valence-electron chi connectivity index (χ4n) is 3.02. The summed E-state index contributed by atoms with van der Waals surface area (Å²) >= 11 is 0. The van der Waals surface area contributed by atoms with Crippen molar-refractivity contribution in [3.63, 3.8) is 0 Å². The van der Waals surface area contributed by atoms with Crippen LogP contribution in [0.15, 0.2) is 47.4 Å². The fraction of sp³-hybridized carbons (Fsp3) is 0.200. The molecule has 3 aromatic rings. The lowest BCUT2D eigenvalue weighted by atomic mass is 10.1. The van der Waals surface area contributed by atoms with Gasteiger partial charge in [-0.25, -0.2) is 4.39 Å². The molecule has 1 N–H and O–H groups in total. The predicted molar refractivity (Wildman–Crippen MR) is 98.2 cm³/mol. The van der Waals surface area contributed by atoms with Gasteiger partial charge in [-0.2, -0.15) is 26.3 Å². The number of halogens is 7. The van der Waals surface area contributed by atoms with Crippen molar-refractivity contribution in [2.75, 3.05) is 5.32 Å². The van der Waals surface area contributed by atoms with Crippen LogP contribution < -0.4 is 10.7 Å². The number of hydrogen-bond acceptors (Lipinski definition) is 2. The van der Waals surface area contributed by atoms with Crippen LogP contribution in [0.25, 0.3) is 10.9 Å². The van der Waals surface area contributed by atoms with Gasteiger partial charge in [0.2, 0.25) is 5.43 Å². The first-order chi connectivity index (χ1) is 14.3. The van der Waals surface area contributed by atoms with Gasteiger partial charge in [0.25, 0.3) is 5.91 Å². The van der Waals surface area contributed by atoms with Crippen LogP contribution in [0.2, 0.25) is 0 Å². The van der Waals surface area contributed by atoms with Crippen LogP contribution in [0.4, 0.5) is 36.4 Å². The van der Waals surface area contributed by atoms with E-state index >= 15 is 0 Å². The number of nitrogens with one attached hydrogen (secondary N) is 1. The standard InChI is InChI=1S/C20H13F7N2O2/c1-2-29-9-13(17(30)12-7-10(19(22,23)24)3-6-16(12)29)18(31)28-11-4-5-15(21)14(8-11)20(25,26)27/h3-9H,2H2,1H3,(H,28,31). The predicted octanol–water partition coefficient (Wildman–Crippen LogP) is 5.45. The van der Waals surface area contributed by atoms with Crippen LogP contribution in [0.1, 0.15) is 28.4 Å². The Labute approximate surface area is 169 Å². The summed E-state index contributed by atoms with van der Waals surface area (Å²) in [6.07, 6.45) is -8.64. The molecule has 0 aliphatic rings. The third kappa shape index (κ3) is 4.39. The number of pyridine rings is 1. The minimum absolute atomic E-state index is 0.151. The van der Waals surface area contributed by atoms with Gasteiger partial charge in [-0.15, -0.1) is 0 Å². The molecule has 1 heterocycles. The summed E-state index contributed by atoms with van der Waals surface area (Å²) in [6.45, 7) is 1.82. The first kappa shape index (κ1) is 22.3. The number of anilines is 1. The van der Waals surface area contributed by atoms with E-state index in [4.69, 9.17) is 0 Å². The van der Waals surface area contributed by atoms with E-state index in [9.17, 15) is 40.3 Å². The number of nitrogens with zero attached hydrogens (tertiary/aromatic N) is 1. The van der Waals surface area contributed by atoms with Gasteiger partial charge in [0.15, 0.2) is 0 Å². The second-order valence-electron chi connectivity index (χ2n) is 6.53. The molecule has 1 aromatic heterocycles. The summed E-state index contributed by atoms with van der Waals surface area (Å²) in [5.41, 5.74) is -4.60. The number of fused-ring (bicyclic) bond motifs is 1. The van der Waals surface area contributed by atoms with Crippen molar-refractivity contribution in [1.29, 1.82) is 0 Å². The van der Waals surface area contributed by atoms with Crippen molar-refractivity contribution >= 4 is 22.5 Å². The van der Waals surface area contributed by atoms with Gasteiger partial charge in [0.1, 0.15) is 11.4 Å². The topological polar surface area (TPSA) is 51.1 Å². The maximum Gasteiger partial charge on any atom is 0.419 e. The van der Waals surface area contributed by atoms with Crippen molar-refractivity contribution in [1.82, 2.24) is 4.57 Å². The highest BCUT2D eigenvalue weighted by molar-refractivity contribution is 6.05. The molecule has 164 valence electrons. The third-order valence-electron chi connectivity index (χ3n) is 4.52. The Kier molecular flexibility index (Phi) is 5.55. The fourth-order valence-corrected chi connectivity index (χ4v) is 3.02. The minimum atomic E-state index is -5.02. The van der Waals surface area contributed by atoms with Gasteiger partial charge in [-0.3, -0.25) is 9.59 Å². The summed E-state index contributed by atoms with van der Waals surface area (Å²) < 4.78 is 92.5. The van der Waals surface area contributed by atoms with Gasteiger partial charge in [-0.1, -0.05) is 0 Å². The van der Waals surface area contributed by atoms with Crippen LogP contribution in [-0.2, 0) is 18.9 Å². The quantitative estimate of drug-likeness (QED) is 0.544. The first-order valence-electron chi connectivity index (χ1n) is 8.75. The average Bonchev–Trinajstić information content (AvgIpc) is 2.68. The van der Waals surface area contributed by atoms with E-state index in [-0.39, 0.29) is 17.4 Å². The Balaban J connectivity index is 2.09. The summed E-state index contributed by atoms with van der Waals surface area (Å²) in [6, 6.07) is 4.22. The average molecular weight is 446 g/mol. The van der Waals surface area contributed by atoms with Crippen molar-refractivity contribution in [3.8, 4) is 0 Å². The number of amides is 1. The van der Waals surface area contributed by atoms with Gasteiger partial charge in [0.05, 0.1) is 16.6 Å². The molecule has 3 rings (SSSR count). The Hall–Kier alpha value is -3.37. The van der Waals surface area contributed by atoms with E-state index in [1.807, 2.05) is 0 Å². The molecule has 0 spiro atoms.